The van der Waals surface area contributed by atoms with Crippen LogP contribution in [0.2, 0.25) is 10.0 Å². The van der Waals surface area contributed by atoms with E-state index < -0.39 is 11.8 Å². The van der Waals surface area contributed by atoms with Crippen LogP contribution in [-0.4, -0.2) is 25.0 Å². The molecule has 2 aromatic carbocycles. The molecule has 0 unspecified atom stereocenters. The van der Waals surface area contributed by atoms with Gasteiger partial charge in [-0.15, -0.1) is 0 Å². The Morgan fingerprint density at radius 3 is 2.44 bits per heavy atom. The van der Waals surface area contributed by atoms with Crippen molar-refractivity contribution in [2.24, 2.45) is 0 Å². The lowest BCUT2D eigenvalue weighted by Crippen LogP contribution is -2.37. The first-order chi connectivity index (χ1) is 11.9. The molecule has 3 N–H and O–H groups in total. The largest absolute Gasteiger partial charge is 0.350 e. The molecule has 5 nitrogen and oxygen atoms in total. The highest BCUT2D eigenvalue weighted by atomic mass is 35.5. The molecule has 0 saturated carbocycles. The van der Waals surface area contributed by atoms with Crippen molar-refractivity contribution in [2.45, 2.75) is 6.92 Å². The molecule has 0 aliphatic heterocycles. The van der Waals surface area contributed by atoms with Crippen LogP contribution in [0, 0.1) is 12.7 Å². The van der Waals surface area contributed by atoms with Gasteiger partial charge in [-0.2, -0.15) is 0 Å². The quantitative estimate of drug-likeness (QED) is 0.683. The zero-order chi connectivity index (χ0) is 18.4. The minimum atomic E-state index is -0.562. The number of hydrogen-bond donors (Lipinski definition) is 3. The molecule has 132 valence electrons. The number of benzene rings is 2. The maximum Gasteiger partial charge on any atom is 0.319 e. The highest BCUT2D eigenvalue weighted by Crippen LogP contribution is 2.22. The Morgan fingerprint density at radius 2 is 1.72 bits per heavy atom. The van der Waals surface area contributed by atoms with Crippen LogP contribution in [0.3, 0.4) is 0 Å². The van der Waals surface area contributed by atoms with Crippen LogP contribution < -0.4 is 16.0 Å². The molecule has 8 heteroatoms. The van der Waals surface area contributed by atoms with Gasteiger partial charge in [0.15, 0.2) is 0 Å². The third-order valence-electron chi connectivity index (χ3n) is 3.25. The van der Waals surface area contributed by atoms with Crippen LogP contribution in [0.4, 0.5) is 14.9 Å². The van der Waals surface area contributed by atoms with Crippen molar-refractivity contribution in [3.05, 3.63) is 63.4 Å². The van der Waals surface area contributed by atoms with E-state index in [1.165, 1.54) is 24.3 Å². The number of halogens is 3. The molecule has 2 rings (SSSR count). The molecule has 0 saturated heterocycles. The van der Waals surface area contributed by atoms with Crippen molar-refractivity contribution in [3.8, 4) is 0 Å². The van der Waals surface area contributed by atoms with Crippen LogP contribution in [0.1, 0.15) is 15.9 Å². The maximum absolute atomic E-state index is 13.6. The predicted molar refractivity (Wildman–Crippen MR) is 97.0 cm³/mol. The lowest BCUT2D eigenvalue weighted by atomic mass is 10.2. The monoisotopic (exact) mass is 383 g/mol. The second kappa shape index (κ2) is 8.69. The predicted octanol–water partition coefficient (Wildman–Crippen LogP) is 3.99. The van der Waals surface area contributed by atoms with Crippen molar-refractivity contribution in [3.63, 3.8) is 0 Å². The molecule has 0 atom stereocenters. The normalized spacial score (nSPS) is 10.2. The van der Waals surface area contributed by atoms with Gasteiger partial charge in [0.1, 0.15) is 5.82 Å². The van der Waals surface area contributed by atoms with Gasteiger partial charge < -0.3 is 16.0 Å². The molecule has 0 aliphatic rings. The number of nitrogens with one attached hydrogen (secondary N) is 3. The minimum absolute atomic E-state index is 0.0948. The van der Waals surface area contributed by atoms with Crippen molar-refractivity contribution < 1.29 is 14.0 Å². The third kappa shape index (κ3) is 5.62. The molecule has 3 amide bonds. The number of urea groups is 1. The molecular formula is C17H16Cl2FN3O2. The molecule has 2 aromatic rings. The van der Waals surface area contributed by atoms with Gasteiger partial charge in [-0.1, -0.05) is 29.3 Å². The van der Waals surface area contributed by atoms with Gasteiger partial charge in [0, 0.05) is 18.7 Å². The smallest absolute Gasteiger partial charge is 0.319 e. The van der Waals surface area contributed by atoms with E-state index in [1.807, 2.05) is 0 Å². The molecule has 0 spiro atoms. The first-order valence-corrected chi connectivity index (χ1v) is 8.16. The van der Waals surface area contributed by atoms with Crippen molar-refractivity contribution >= 4 is 40.8 Å². The SMILES string of the molecule is Cc1ccc(F)c(NC(=O)NCCNC(=O)c2ccc(Cl)c(Cl)c2)c1. The van der Waals surface area contributed by atoms with Gasteiger partial charge in [0.25, 0.3) is 5.91 Å². The minimum Gasteiger partial charge on any atom is -0.350 e. The van der Waals surface area contributed by atoms with Gasteiger partial charge in [0.05, 0.1) is 15.7 Å². The second-order valence-electron chi connectivity index (χ2n) is 5.25. The highest BCUT2D eigenvalue weighted by Gasteiger charge is 2.09. The molecule has 0 heterocycles. The fourth-order valence-electron chi connectivity index (χ4n) is 1.99. The van der Waals surface area contributed by atoms with Crippen LogP contribution in [0.15, 0.2) is 36.4 Å². The standard InChI is InChI=1S/C17H16Cl2FN3O2/c1-10-2-5-14(20)15(8-10)23-17(25)22-7-6-21-16(24)11-3-4-12(18)13(19)9-11/h2-5,8-9H,6-7H2,1H3,(H,21,24)(H2,22,23,25). The zero-order valence-electron chi connectivity index (χ0n) is 13.3. The fourth-order valence-corrected chi connectivity index (χ4v) is 2.29. The summed E-state index contributed by atoms with van der Waals surface area (Å²) in [7, 11) is 0. The summed E-state index contributed by atoms with van der Waals surface area (Å²) in [5.74, 6) is -0.862. The molecule has 0 aromatic heterocycles. The Hall–Kier alpha value is -2.31. The van der Waals surface area contributed by atoms with E-state index in [2.05, 4.69) is 16.0 Å². The highest BCUT2D eigenvalue weighted by molar-refractivity contribution is 6.42. The van der Waals surface area contributed by atoms with E-state index >= 15 is 0 Å². The Morgan fingerprint density at radius 1 is 1.00 bits per heavy atom. The summed E-state index contributed by atoms with van der Waals surface area (Å²) in [6, 6.07) is 8.39. The molecule has 0 fully saturated rings. The topological polar surface area (TPSA) is 70.2 Å². The number of carbonyl (C=O) groups excluding carboxylic acids is 2. The number of anilines is 1. The number of aryl methyl sites for hydroxylation is 1. The van der Waals surface area contributed by atoms with E-state index in [9.17, 15) is 14.0 Å². The van der Waals surface area contributed by atoms with Crippen LogP contribution in [-0.2, 0) is 0 Å². The van der Waals surface area contributed by atoms with E-state index in [4.69, 9.17) is 23.2 Å². The average molecular weight is 384 g/mol. The van der Waals surface area contributed by atoms with E-state index in [0.717, 1.165) is 5.56 Å². The van der Waals surface area contributed by atoms with Gasteiger partial charge in [-0.05, 0) is 42.8 Å². The van der Waals surface area contributed by atoms with Crippen LogP contribution >= 0.6 is 23.2 Å². The first-order valence-electron chi connectivity index (χ1n) is 7.41. The zero-order valence-corrected chi connectivity index (χ0v) is 14.8. The van der Waals surface area contributed by atoms with E-state index in [0.29, 0.717) is 10.6 Å². The van der Waals surface area contributed by atoms with Crippen molar-refractivity contribution in [1.29, 1.82) is 0 Å². The average Bonchev–Trinajstić information content (AvgIpc) is 2.57. The number of hydrogen-bond acceptors (Lipinski definition) is 2. The lowest BCUT2D eigenvalue weighted by Gasteiger charge is -2.10. The Kier molecular flexibility index (Phi) is 6.61. The van der Waals surface area contributed by atoms with Gasteiger partial charge >= 0.3 is 6.03 Å². The Balaban J connectivity index is 1.76. The summed E-state index contributed by atoms with van der Waals surface area (Å²) in [5, 5.41) is 8.21. The number of amides is 3. The van der Waals surface area contributed by atoms with Gasteiger partial charge in [-0.3, -0.25) is 4.79 Å². The summed E-state index contributed by atoms with van der Waals surface area (Å²) in [5.41, 5.74) is 1.28. The molecule has 0 radical (unpaired) electrons. The Labute approximate surface area is 154 Å². The van der Waals surface area contributed by atoms with E-state index in [1.54, 1.807) is 19.1 Å². The van der Waals surface area contributed by atoms with Gasteiger partial charge in [0.2, 0.25) is 0 Å². The van der Waals surface area contributed by atoms with E-state index in [-0.39, 0.29) is 29.7 Å². The summed E-state index contributed by atoms with van der Waals surface area (Å²) < 4.78 is 13.6. The molecule has 0 aliphatic carbocycles. The van der Waals surface area contributed by atoms with Crippen LogP contribution in [0.5, 0.6) is 0 Å². The summed E-state index contributed by atoms with van der Waals surface area (Å²) in [4.78, 5) is 23.7. The molecular weight excluding hydrogens is 368 g/mol. The first kappa shape index (κ1) is 19.0. The van der Waals surface area contributed by atoms with Gasteiger partial charge in [-0.25, -0.2) is 9.18 Å². The molecule has 0 bridgehead atoms. The second-order valence-corrected chi connectivity index (χ2v) is 6.06. The molecule has 25 heavy (non-hydrogen) atoms. The lowest BCUT2D eigenvalue weighted by molar-refractivity contribution is 0.0954. The maximum atomic E-state index is 13.6. The Bertz CT molecular complexity index is 799. The fraction of sp³-hybridized carbons (Fsp3) is 0.176. The number of carbonyl (C=O) groups is 2. The summed E-state index contributed by atoms with van der Waals surface area (Å²) >= 11 is 11.6. The van der Waals surface area contributed by atoms with Crippen LogP contribution in [0.25, 0.3) is 0 Å². The van der Waals surface area contributed by atoms with Crippen molar-refractivity contribution in [2.75, 3.05) is 18.4 Å². The third-order valence-corrected chi connectivity index (χ3v) is 3.99. The summed E-state index contributed by atoms with van der Waals surface area (Å²) in [6.45, 7) is 2.16. The number of rotatable bonds is 5. The summed E-state index contributed by atoms with van der Waals surface area (Å²) in [6.07, 6.45) is 0. The van der Waals surface area contributed by atoms with Crippen molar-refractivity contribution in [1.82, 2.24) is 10.6 Å².